The number of hydrogen-bond donors (Lipinski definition) is 1. The summed E-state index contributed by atoms with van der Waals surface area (Å²) in [5.74, 6) is -1.71. The van der Waals surface area contributed by atoms with Crippen LogP contribution in [0.1, 0.15) is 64.7 Å². The van der Waals surface area contributed by atoms with Gasteiger partial charge < -0.3 is 23.5 Å². The van der Waals surface area contributed by atoms with Crippen molar-refractivity contribution >= 4 is 41.0 Å². The third kappa shape index (κ3) is 10.6. The molecule has 1 fully saturated rings. The summed E-state index contributed by atoms with van der Waals surface area (Å²) >= 11 is -0.285. The lowest BCUT2D eigenvalue weighted by molar-refractivity contribution is -0.205. The second kappa shape index (κ2) is 18.2. The maximum Gasteiger partial charge on any atom is 0.338 e. The Hall–Kier alpha value is -3.87. The lowest BCUT2D eigenvalue weighted by Gasteiger charge is -2.47. The van der Waals surface area contributed by atoms with E-state index in [2.05, 4.69) is 17.9 Å². The highest BCUT2D eigenvalue weighted by molar-refractivity contribution is 7.99. The maximum absolute atomic E-state index is 13.7. The molecule has 7 atom stereocenters. The first-order chi connectivity index (χ1) is 23.5. The van der Waals surface area contributed by atoms with Crippen LogP contribution in [0.2, 0.25) is 0 Å². The third-order valence-electron chi connectivity index (χ3n) is 7.56. The molecule has 1 heterocycles. The quantitative estimate of drug-likeness (QED) is 0.0792. The number of thioether (sulfide) groups is 1. The minimum atomic E-state index is -1.57. The number of ether oxygens (including phenoxy) is 4. The molecular weight excluding hydrogens is 663 g/mol. The van der Waals surface area contributed by atoms with E-state index in [4.69, 9.17) is 18.9 Å². The number of hydrogen-bond acceptors (Lipinski definition) is 10. The van der Waals surface area contributed by atoms with Gasteiger partial charge in [0.15, 0.2) is 18.3 Å². The van der Waals surface area contributed by atoms with Gasteiger partial charge in [0.05, 0.1) is 22.7 Å². The minimum absolute atomic E-state index is 0.247. The molecule has 0 spiro atoms. The highest BCUT2D eigenvalue weighted by Crippen LogP contribution is 2.37. The van der Waals surface area contributed by atoms with E-state index in [9.17, 15) is 18.9 Å². The molecule has 0 bridgehead atoms. The molecule has 9 nitrogen and oxygen atoms in total. The van der Waals surface area contributed by atoms with Gasteiger partial charge in [0.25, 0.3) is 0 Å². The molecule has 49 heavy (non-hydrogen) atoms. The first-order valence-corrected chi connectivity index (χ1v) is 18.2. The average molecular weight is 706 g/mol. The van der Waals surface area contributed by atoms with E-state index in [0.29, 0.717) is 18.6 Å². The predicted molar refractivity (Wildman–Crippen MR) is 193 cm³/mol. The van der Waals surface area contributed by atoms with Crippen LogP contribution < -0.4 is 4.72 Å². The van der Waals surface area contributed by atoms with Gasteiger partial charge in [-0.2, -0.15) is 0 Å². The number of nitrogens with one attached hydrogen (secondary N) is 1. The molecule has 1 aliphatic heterocycles. The summed E-state index contributed by atoms with van der Waals surface area (Å²) < 4.78 is 41.3. The Morgan fingerprint density at radius 3 is 1.67 bits per heavy atom. The smallest absolute Gasteiger partial charge is 0.338 e. The van der Waals surface area contributed by atoms with Gasteiger partial charge in [-0.25, -0.2) is 14.4 Å². The number of esters is 3. The van der Waals surface area contributed by atoms with E-state index < -0.39 is 69.9 Å². The van der Waals surface area contributed by atoms with Crippen molar-refractivity contribution in [3.05, 3.63) is 133 Å². The standard InChI is InChI=1S/C38H43NO8S2/c1-6-8-24-29(39-49(43)38(3,4)5)30-31(44-34(40)26-18-12-9-13-19-26)32(45-35(41)27-20-14-10-15-21-27)33(37(47-30)48-25-7-2)46-36(42)28-22-16-11-17-23-28/h6-7,9-23,29-33,37,39H,1-2,8,24-25H2,3-5H3/t29-,30?,31?,32?,33?,37?,49-/m1/s1. The van der Waals surface area contributed by atoms with Crippen LogP contribution in [-0.2, 0) is 30.3 Å². The average Bonchev–Trinajstić information content (AvgIpc) is 3.11. The molecule has 1 saturated heterocycles. The van der Waals surface area contributed by atoms with Gasteiger partial charge in [-0.3, -0.25) is 0 Å². The molecule has 0 amide bonds. The molecule has 3 aromatic carbocycles. The fraction of sp³-hybridized carbons (Fsp3) is 0.342. The molecule has 3 aromatic rings. The van der Waals surface area contributed by atoms with E-state index in [1.54, 1.807) is 103 Å². The van der Waals surface area contributed by atoms with Crippen LogP contribution in [0.4, 0.5) is 0 Å². The number of carbonyl (C=O) groups excluding carboxylic acids is 3. The molecule has 260 valence electrons. The second-order valence-corrected chi connectivity index (χ2v) is 15.4. The summed E-state index contributed by atoms with van der Waals surface area (Å²) in [5, 5.41) is 0. The van der Waals surface area contributed by atoms with E-state index in [1.165, 1.54) is 11.8 Å². The fourth-order valence-electron chi connectivity index (χ4n) is 5.05. The highest BCUT2D eigenvalue weighted by Gasteiger charge is 2.55. The zero-order valence-corrected chi connectivity index (χ0v) is 29.5. The van der Waals surface area contributed by atoms with Crippen LogP contribution >= 0.6 is 11.8 Å². The van der Waals surface area contributed by atoms with Crippen LogP contribution in [0.15, 0.2) is 116 Å². The summed E-state index contributed by atoms with van der Waals surface area (Å²) in [4.78, 5) is 41.1. The molecule has 0 aromatic heterocycles. The number of benzene rings is 3. The number of allylic oxidation sites excluding steroid dienone is 1. The van der Waals surface area contributed by atoms with Crippen molar-refractivity contribution in [2.75, 3.05) is 5.75 Å². The van der Waals surface area contributed by atoms with Crippen LogP contribution in [-0.4, -0.2) is 68.9 Å². The lowest BCUT2D eigenvalue weighted by atomic mass is 9.92. The molecule has 0 saturated carbocycles. The van der Waals surface area contributed by atoms with Gasteiger partial charge >= 0.3 is 17.9 Å². The Balaban J connectivity index is 1.86. The summed E-state index contributed by atoms with van der Waals surface area (Å²) in [6, 6.07) is 24.4. The normalized spacial score (nSPS) is 21.8. The molecular formula is C38H43NO8S2. The van der Waals surface area contributed by atoms with Gasteiger partial charge in [-0.05, 0) is 70.0 Å². The van der Waals surface area contributed by atoms with Crippen molar-refractivity contribution < 1.29 is 37.9 Å². The Kier molecular flexibility index (Phi) is 14.1. The Morgan fingerprint density at radius 1 is 0.796 bits per heavy atom. The van der Waals surface area contributed by atoms with Crippen molar-refractivity contribution in [1.29, 1.82) is 0 Å². The molecule has 1 N–H and O–H groups in total. The van der Waals surface area contributed by atoms with Crippen molar-refractivity contribution in [2.45, 2.75) is 74.3 Å². The number of rotatable bonds is 15. The summed E-state index contributed by atoms with van der Waals surface area (Å²) in [6.07, 6.45) is -0.604. The van der Waals surface area contributed by atoms with Gasteiger partial charge in [0, 0.05) is 17.1 Å². The zero-order valence-electron chi connectivity index (χ0n) is 27.9. The molecule has 0 radical (unpaired) electrons. The van der Waals surface area contributed by atoms with Gasteiger partial charge in [-0.15, -0.1) is 29.6 Å². The van der Waals surface area contributed by atoms with Crippen molar-refractivity contribution in [3.63, 3.8) is 0 Å². The molecule has 5 unspecified atom stereocenters. The zero-order chi connectivity index (χ0) is 35.4. The number of carbonyl (C=O) groups is 3. The summed E-state index contributed by atoms with van der Waals surface area (Å²) in [5.41, 5.74) is -0.136. The Labute approximate surface area is 295 Å². The third-order valence-corrected chi connectivity index (χ3v) is 10.3. The van der Waals surface area contributed by atoms with E-state index >= 15 is 0 Å². The molecule has 0 aliphatic carbocycles. The van der Waals surface area contributed by atoms with Crippen LogP contribution in [0.3, 0.4) is 0 Å². The molecule has 11 heteroatoms. The van der Waals surface area contributed by atoms with E-state index in [1.807, 2.05) is 20.8 Å². The minimum Gasteiger partial charge on any atom is -0.598 e. The Morgan fingerprint density at radius 2 is 1.24 bits per heavy atom. The van der Waals surface area contributed by atoms with Crippen molar-refractivity contribution in [1.82, 2.24) is 4.72 Å². The molecule has 4 rings (SSSR count). The monoisotopic (exact) mass is 705 g/mol. The summed E-state index contributed by atoms with van der Waals surface area (Å²) in [7, 11) is 0. The molecule has 1 aliphatic rings. The van der Waals surface area contributed by atoms with E-state index in [-0.39, 0.29) is 16.7 Å². The first kappa shape index (κ1) is 37.9. The van der Waals surface area contributed by atoms with E-state index in [0.717, 1.165) is 0 Å². The van der Waals surface area contributed by atoms with Crippen LogP contribution in [0.25, 0.3) is 0 Å². The SMILES string of the molecule is C=CCC[C@@H](N[S@+]([O-])C(C)(C)C)C1OC(SCC=C)C(OC(=O)c2ccccc2)C(OC(=O)c2ccccc2)C1OC(=O)c1ccccc1. The van der Waals surface area contributed by atoms with Gasteiger partial charge in [0.2, 0.25) is 0 Å². The van der Waals surface area contributed by atoms with Crippen molar-refractivity contribution in [3.8, 4) is 0 Å². The maximum atomic E-state index is 13.7. The van der Waals surface area contributed by atoms with Gasteiger partial charge in [0.1, 0.15) is 16.3 Å². The summed E-state index contributed by atoms with van der Waals surface area (Å²) in [6.45, 7) is 13.2. The first-order valence-electron chi connectivity index (χ1n) is 16.0. The second-order valence-electron chi connectivity index (χ2n) is 12.3. The largest absolute Gasteiger partial charge is 0.598 e. The highest BCUT2D eigenvalue weighted by atomic mass is 32.2. The van der Waals surface area contributed by atoms with Crippen molar-refractivity contribution in [2.24, 2.45) is 0 Å². The van der Waals surface area contributed by atoms with Gasteiger partial charge in [-0.1, -0.05) is 66.7 Å². The Bertz CT molecular complexity index is 1530. The lowest BCUT2D eigenvalue weighted by Crippen LogP contribution is -2.66. The topological polar surface area (TPSA) is 123 Å². The predicted octanol–water partition coefficient (Wildman–Crippen LogP) is 6.69. The fourth-order valence-corrected chi connectivity index (χ4v) is 6.86. The van der Waals surface area contributed by atoms with Crippen LogP contribution in [0, 0.1) is 0 Å². The van der Waals surface area contributed by atoms with Crippen LogP contribution in [0.5, 0.6) is 0 Å².